The maximum atomic E-state index is 11.2. The molecule has 0 amide bonds. The number of aromatic nitrogens is 4. The highest BCUT2D eigenvalue weighted by atomic mass is 35.5. The van der Waals surface area contributed by atoms with E-state index in [-0.39, 0.29) is 5.52 Å². The predicted octanol–water partition coefficient (Wildman–Crippen LogP) is -0.348. The van der Waals surface area contributed by atoms with Crippen LogP contribution >= 0.6 is 11.6 Å². The third-order valence-corrected chi connectivity index (χ3v) is 2.01. The lowest BCUT2D eigenvalue weighted by atomic mass is 10.5. The largest absolute Gasteiger partial charge is 0.327 e. The lowest BCUT2D eigenvalue weighted by molar-refractivity contribution is 0.780. The quantitative estimate of drug-likeness (QED) is 0.671. The van der Waals surface area contributed by atoms with Crippen LogP contribution in [0.2, 0.25) is 0 Å². The molecule has 0 saturated heterocycles. The minimum absolute atomic E-state index is 0.217. The topological polar surface area (TPSA) is 83.5 Å². The number of hydrogen-bond donors (Lipinski definition) is 2. The second-order valence-corrected chi connectivity index (χ2v) is 3.11. The van der Waals surface area contributed by atoms with Crippen LogP contribution in [0, 0.1) is 0 Å². The van der Waals surface area contributed by atoms with Gasteiger partial charge in [0.15, 0.2) is 5.52 Å². The molecule has 0 bridgehead atoms. The van der Waals surface area contributed by atoms with Crippen molar-refractivity contribution in [3.63, 3.8) is 0 Å². The number of nitrogens with one attached hydrogen (secondary N) is 2. The van der Waals surface area contributed by atoms with Gasteiger partial charge >= 0.3 is 5.69 Å². The van der Waals surface area contributed by atoms with Gasteiger partial charge in [0, 0.05) is 12.4 Å². The lowest BCUT2D eigenvalue weighted by Gasteiger charge is -1.98. The van der Waals surface area contributed by atoms with E-state index in [1.165, 1.54) is 6.33 Å². The Morgan fingerprint density at radius 3 is 2.93 bits per heavy atom. The number of aromatic amines is 2. The van der Waals surface area contributed by atoms with Crippen molar-refractivity contribution < 1.29 is 0 Å². The van der Waals surface area contributed by atoms with Crippen molar-refractivity contribution >= 4 is 22.8 Å². The van der Waals surface area contributed by atoms with Gasteiger partial charge in [0.05, 0.1) is 6.33 Å². The zero-order valence-corrected chi connectivity index (χ0v) is 7.84. The summed E-state index contributed by atoms with van der Waals surface area (Å²) in [6.45, 7) is 0.497. The van der Waals surface area contributed by atoms with Crippen LogP contribution < -0.4 is 11.2 Å². The van der Waals surface area contributed by atoms with Gasteiger partial charge in [0.25, 0.3) is 5.56 Å². The molecule has 0 saturated carbocycles. The van der Waals surface area contributed by atoms with Crippen LogP contribution in [-0.2, 0) is 6.54 Å². The second kappa shape index (κ2) is 3.30. The number of imidazole rings is 1. The molecular weight excluding hydrogens is 208 g/mol. The molecule has 0 aliphatic heterocycles. The van der Waals surface area contributed by atoms with E-state index < -0.39 is 11.2 Å². The van der Waals surface area contributed by atoms with E-state index in [1.807, 2.05) is 0 Å². The van der Waals surface area contributed by atoms with Crippen LogP contribution in [0.1, 0.15) is 0 Å². The average Bonchev–Trinajstić information content (AvgIpc) is 2.49. The molecule has 0 fully saturated rings. The minimum atomic E-state index is -0.543. The Bertz CT molecular complexity index is 567. The van der Waals surface area contributed by atoms with E-state index in [9.17, 15) is 9.59 Å². The molecule has 74 valence electrons. The van der Waals surface area contributed by atoms with Crippen molar-refractivity contribution in [3.05, 3.63) is 27.2 Å². The van der Waals surface area contributed by atoms with Crippen molar-refractivity contribution in [1.82, 2.24) is 19.5 Å². The van der Waals surface area contributed by atoms with Gasteiger partial charge in [-0.1, -0.05) is 0 Å². The van der Waals surface area contributed by atoms with Crippen LogP contribution in [0.5, 0.6) is 0 Å². The number of nitrogens with zero attached hydrogens (tertiary/aromatic N) is 2. The van der Waals surface area contributed by atoms with Gasteiger partial charge in [-0.2, -0.15) is 0 Å². The number of alkyl halides is 1. The predicted molar refractivity (Wildman–Crippen MR) is 51.7 cm³/mol. The third kappa shape index (κ3) is 1.33. The molecule has 0 unspecified atom stereocenters. The SMILES string of the molecule is O=c1[nH]c(=O)c2ncn(CCCl)c2[nH]1. The summed E-state index contributed by atoms with van der Waals surface area (Å²) in [5.74, 6) is 0.389. The van der Waals surface area contributed by atoms with Gasteiger partial charge in [-0.3, -0.25) is 14.8 Å². The zero-order valence-electron chi connectivity index (χ0n) is 7.08. The second-order valence-electron chi connectivity index (χ2n) is 2.73. The van der Waals surface area contributed by atoms with Gasteiger partial charge < -0.3 is 4.57 Å². The Kier molecular flexibility index (Phi) is 2.12. The van der Waals surface area contributed by atoms with Crippen LogP contribution in [0.25, 0.3) is 11.2 Å². The molecule has 6 nitrogen and oxygen atoms in total. The van der Waals surface area contributed by atoms with Gasteiger partial charge in [-0.15, -0.1) is 11.6 Å². The Morgan fingerprint density at radius 2 is 2.21 bits per heavy atom. The van der Waals surface area contributed by atoms with Gasteiger partial charge in [0.2, 0.25) is 0 Å². The summed E-state index contributed by atoms with van der Waals surface area (Å²) >= 11 is 5.55. The normalized spacial score (nSPS) is 10.9. The highest BCUT2D eigenvalue weighted by Gasteiger charge is 2.06. The van der Waals surface area contributed by atoms with Crippen molar-refractivity contribution in [2.75, 3.05) is 5.88 Å². The maximum absolute atomic E-state index is 11.2. The molecule has 2 N–H and O–H groups in total. The van der Waals surface area contributed by atoms with Crippen LogP contribution in [0.15, 0.2) is 15.9 Å². The number of rotatable bonds is 2. The fraction of sp³-hybridized carbons (Fsp3) is 0.286. The summed E-state index contributed by atoms with van der Waals surface area (Å²) < 4.78 is 1.62. The molecule has 2 heterocycles. The molecule has 0 aromatic carbocycles. The Labute approximate surface area is 82.5 Å². The number of fused-ring (bicyclic) bond motifs is 1. The zero-order chi connectivity index (χ0) is 10.1. The van der Waals surface area contributed by atoms with Gasteiger partial charge in [0.1, 0.15) is 5.65 Å². The van der Waals surface area contributed by atoms with Crippen LogP contribution in [-0.4, -0.2) is 25.4 Å². The first-order valence-corrected chi connectivity index (χ1v) is 4.49. The molecule has 2 aromatic heterocycles. The van der Waals surface area contributed by atoms with E-state index in [0.29, 0.717) is 18.1 Å². The van der Waals surface area contributed by atoms with Crippen molar-refractivity contribution in [2.24, 2.45) is 0 Å². The Balaban J connectivity index is 2.79. The van der Waals surface area contributed by atoms with Crippen molar-refractivity contribution in [1.29, 1.82) is 0 Å². The van der Waals surface area contributed by atoms with Crippen LogP contribution in [0.3, 0.4) is 0 Å². The summed E-state index contributed by atoms with van der Waals surface area (Å²) in [7, 11) is 0. The van der Waals surface area contributed by atoms with Crippen LogP contribution in [0.4, 0.5) is 0 Å². The fourth-order valence-corrected chi connectivity index (χ4v) is 1.42. The smallest absolute Gasteiger partial charge is 0.315 e. The van der Waals surface area contributed by atoms with E-state index in [4.69, 9.17) is 11.6 Å². The molecule has 0 aliphatic rings. The summed E-state index contributed by atoms with van der Waals surface area (Å²) in [4.78, 5) is 30.7. The first kappa shape index (κ1) is 9.01. The van der Waals surface area contributed by atoms with E-state index >= 15 is 0 Å². The van der Waals surface area contributed by atoms with Crippen molar-refractivity contribution in [3.8, 4) is 0 Å². The molecule has 2 rings (SSSR count). The van der Waals surface area contributed by atoms with Gasteiger partial charge in [-0.05, 0) is 0 Å². The number of H-pyrrole nitrogens is 2. The molecule has 0 radical (unpaired) electrons. The molecule has 2 aromatic rings. The molecule has 7 heteroatoms. The summed E-state index contributed by atoms with van der Waals surface area (Å²) in [5.41, 5.74) is -0.412. The summed E-state index contributed by atoms with van der Waals surface area (Å²) in [6, 6.07) is 0. The first-order valence-electron chi connectivity index (χ1n) is 3.96. The van der Waals surface area contributed by atoms with E-state index in [1.54, 1.807) is 4.57 Å². The lowest BCUT2D eigenvalue weighted by Crippen LogP contribution is -2.22. The Morgan fingerprint density at radius 1 is 1.43 bits per heavy atom. The molecule has 0 atom stereocenters. The van der Waals surface area contributed by atoms with E-state index in [0.717, 1.165) is 0 Å². The molecule has 0 spiro atoms. The minimum Gasteiger partial charge on any atom is -0.315 e. The molecule has 0 aliphatic carbocycles. The standard InChI is InChI=1S/C7H7ClN4O2/c8-1-2-12-3-9-4-5(12)10-7(14)11-6(4)13/h3H,1-2H2,(H2,10,11,13,14). The summed E-state index contributed by atoms with van der Waals surface area (Å²) in [6.07, 6.45) is 1.47. The monoisotopic (exact) mass is 214 g/mol. The summed E-state index contributed by atoms with van der Waals surface area (Å²) in [5, 5.41) is 0. The van der Waals surface area contributed by atoms with Crippen molar-refractivity contribution in [2.45, 2.75) is 6.54 Å². The average molecular weight is 215 g/mol. The highest BCUT2D eigenvalue weighted by Crippen LogP contribution is 2.02. The fourth-order valence-electron chi connectivity index (χ4n) is 1.24. The highest BCUT2D eigenvalue weighted by molar-refractivity contribution is 6.17. The Hall–Kier alpha value is -1.56. The third-order valence-electron chi connectivity index (χ3n) is 1.84. The maximum Gasteiger partial charge on any atom is 0.327 e. The number of halogens is 1. The van der Waals surface area contributed by atoms with Gasteiger partial charge in [-0.25, -0.2) is 9.78 Å². The first-order chi connectivity index (χ1) is 6.72. The molecular formula is C7H7ClN4O2. The molecule has 14 heavy (non-hydrogen) atoms. The number of hydrogen-bond acceptors (Lipinski definition) is 3. The van der Waals surface area contributed by atoms with E-state index in [2.05, 4.69) is 15.0 Å². The number of aryl methyl sites for hydroxylation is 1.